The van der Waals surface area contributed by atoms with Gasteiger partial charge >= 0.3 is 12.4 Å². The van der Waals surface area contributed by atoms with E-state index in [2.05, 4.69) is 19.7 Å². The molecule has 0 aliphatic rings. The second kappa shape index (κ2) is 8.42. The van der Waals surface area contributed by atoms with Crippen molar-refractivity contribution in [3.05, 3.63) is 77.6 Å². The van der Waals surface area contributed by atoms with Crippen molar-refractivity contribution in [3.8, 4) is 22.9 Å². The molecule has 0 unspecified atom stereocenters. The number of nitrogens with zero attached hydrogens (tertiary/aromatic N) is 4. The zero-order chi connectivity index (χ0) is 21.8. The monoisotopic (exact) mass is 428 g/mol. The van der Waals surface area contributed by atoms with Gasteiger partial charge in [0.25, 0.3) is 5.56 Å². The predicted octanol–water partition coefficient (Wildman–Crippen LogP) is 3.83. The molecule has 4 aromatic rings. The average Bonchev–Trinajstić information content (AvgIpc) is 2.75. The molecule has 0 saturated carbocycles. The van der Waals surface area contributed by atoms with Gasteiger partial charge in [0.2, 0.25) is 0 Å². The van der Waals surface area contributed by atoms with E-state index in [9.17, 15) is 18.0 Å². The predicted molar refractivity (Wildman–Crippen MR) is 106 cm³/mol. The third-order valence-corrected chi connectivity index (χ3v) is 4.35. The SMILES string of the molecule is O=c1c2cc(-c3ccc(OC(F)(F)F)cc3)ccc2ncn1CCOc1ncccn1. The first-order valence-corrected chi connectivity index (χ1v) is 9.14. The van der Waals surface area contributed by atoms with Gasteiger partial charge < -0.3 is 9.47 Å². The van der Waals surface area contributed by atoms with Crippen LogP contribution in [0.25, 0.3) is 22.0 Å². The van der Waals surface area contributed by atoms with E-state index in [1.807, 2.05) is 0 Å². The van der Waals surface area contributed by atoms with Crippen LogP contribution in [0.4, 0.5) is 13.2 Å². The molecule has 0 atom stereocenters. The van der Waals surface area contributed by atoms with Crippen LogP contribution in [-0.2, 0) is 6.54 Å². The molecule has 4 rings (SSSR count). The van der Waals surface area contributed by atoms with Crippen LogP contribution >= 0.6 is 0 Å². The number of ether oxygens (including phenoxy) is 2. The molecule has 10 heteroatoms. The van der Waals surface area contributed by atoms with Gasteiger partial charge in [-0.05, 0) is 41.5 Å². The third-order valence-electron chi connectivity index (χ3n) is 4.35. The highest BCUT2D eigenvalue weighted by atomic mass is 19.4. The molecule has 0 N–H and O–H groups in total. The molecule has 0 radical (unpaired) electrons. The van der Waals surface area contributed by atoms with Crippen molar-refractivity contribution in [2.75, 3.05) is 6.61 Å². The fraction of sp³-hybridized carbons (Fsp3) is 0.143. The summed E-state index contributed by atoms with van der Waals surface area (Å²) in [4.78, 5) is 25.0. The van der Waals surface area contributed by atoms with Crippen LogP contribution in [0.5, 0.6) is 11.8 Å². The Morgan fingerprint density at radius 3 is 2.35 bits per heavy atom. The smallest absolute Gasteiger partial charge is 0.462 e. The van der Waals surface area contributed by atoms with Gasteiger partial charge in [-0.15, -0.1) is 13.2 Å². The summed E-state index contributed by atoms with van der Waals surface area (Å²) in [5.74, 6) is -0.316. The molecule has 2 heterocycles. The summed E-state index contributed by atoms with van der Waals surface area (Å²) < 4.78 is 47.7. The summed E-state index contributed by atoms with van der Waals surface area (Å²) in [5, 5.41) is 0.381. The van der Waals surface area contributed by atoms with Crippen molar-refractivity contribution in [3.63, 3.8) is 0 Å². The topological polar surface area (TPSA) is 79.1 Å². The number of halogens is 3. The van der Waals surface area contributed by atoms with Gasteiger partial charge in [-0.3, -0.25) is 9.36 Å². The highest BCUT2D eigenvalue weighted by Gasteiger charge is 2.30. The summed E-state index contributed by atoms with van der Waals surface area (Å²) in [6.45, 7) is 0.422. The van der Waals surface area contributed by atoms with Crippen LogP contribution in [0.1, 0.15) is 0 Å². The number of benzene rings is 2. The Bertz CT molecular complexity index is 1240. The van der Waals surface area contributed by atoms with Gasteiger partial charge in [-0.1, -0.05) is 18.2 Å². The van der Waals surface area contributed by atoms with Crippen molar-refractivity contribution in [1.82, 2.24) is 19.5 Å². The lowest BCUT2D eigenvalue weighted by Crippen LogP contribution is -2.23. The van der Waals surface area contributed by atoms with Gasteiger partial charge in [0.15, 0.2) is 0 Å². The Morgan fingerprint density at radius 1 is 0.935 bits per heavy atom. The first-order valence-electron chi connectivity index (χ1n) is 9.14. The molecule has 2 aromatic heterocycles. The van der Waals surface area contributed by atoms with E-state index < -0.39 is 6.36 Å². The van der Waals surface area contributed by atoms with Gasteiger partial charge in [-0.2, -0.15) is 0 Å². The number of hydrogen-bond donors (Lipinski definition) is 0. The largest absolute Gasteiger partial charge is 0.573 e. The number of hydrogen-bond acceptors (Lipinski definition) is 6. The Kier molecular flexibility index (Phi) is 5.52. The van der Waals surface area contributed by atoms with E-state index in [0.29, 0.717) is 22.0 Å². The molecule has 0 amide bonds. The summed E-state index contributed by atoms with van der Waals surface area (Å²) in [6, 6.07) is 12.4. The highest BCUT2D eigenvalue weighted by molar-refractivity contribution is 5.83. The number of aromatic nitrogens is 4. The average molecular weight is 428 g/mol. The lowest BCUT2D eigenvalue weighted by molar-refractivity contribution is -0.274. The van der Waals surface area contributed by atoms with Crippen molar-refractivity contribution >= 4 is 10.9 Å². The summed E-state index contributed by atoms with van der Waals surface area (Å²) >= 11 is 0. The normalized spacial score (nSPS) is 11.5. The van der Waals surface area contributed by atoms with E-state index in [1.165, 1.54) is 35.2 Å². The van der Waals surface area contributed by atoms with Gasteiger partial charge in [0.1, 0.15) is 12.4 Å². The minimum Gasteiger partial charge on any atom is -0.462 e. The molecular formula is C21H15F3N4O3. The van der Waals surface area contributed by atoms with Crippen LogP contribution in [0.15, 0.2) is 72.0 Å². The third kappa shape index (κ3) is 4.97. The Balaban J connectivity index is 1.55. The maximum atomic E-state index is 12.9. The minimum atomic E-state index is -4.75. The fourth-order valence-electron chi connectivity index (χ4n) is 2.94. The molecule has 0 aliphatic heterocycles. The molecule has 7 nitrogen and oxygen atoms in total. The summed E-state index contributed by atoms with van der Waals surface area (Å²) in [5.41, 5.74) is 1.54. The molecule has 0 bridgehead atoms. The molecule has 0 saturated heterocycles. The molecule has 158 valence electrons. The number of rotatable bonds is 6. The fourth-order valence-corrected chi connectivity index (χ4v) is 2.94. The number of alkyl halides is 3. The van der Waals surface area contributed by atoms with Crippen molar-refractivity contribution in [2.45, 2.75) is 12.9 Å². The van der Waals surface area contributed by atoms with Crippen LogP contribution in [0.2, 0.25) is 0 Å². The lowest BCUT2D eigenvalue weighted by Gasteiger charge is -2.10. The second-order valence-corrected chi connectivity index (χ2v) is 6.43. The first kappa shape index (κ1) is 20.3. The standard InChI is InChI=1S/C21H15F3N4O3/c22-21(23,24)31-16-5-2-14(3-6-16)15-4-7-18-17(12-15)19(29)28(13-27-18)10-11-30-20-25-8-1-9-26-20/h1-9,12-13H,10-11H2. The minimum absolute atomic E-state index is 0.178. The first-order chi connectivity index (χ1) is 14.9. The zero-order valence-corrected chi connectivity index (χ0v) is 15.9. The van der Waals surface area contributed by atoms with E-state index in [-0.39, 0.29) is 30.5 Å². The molecule has 0 spiro atoms. The Morgan fingerprint density at radius 2 is 1.65 bits per heavy atom. The maximum Gasteiger partial charge on any atom is 0.573 e. The molecule has 2 aromatic carbocycles. The summed E-state index contributed by atoms with van der Waals surface area (Å²) in [7, 11) is 0. The van der Waals surface area contributed by atoms with Crippen LogP contribution < -0.4 is 15.0 Å². The van der Waals surface area contributed by atoms with Crippen LogP contribution in [0.3, 0.4) is 0 Å². The molecule has 31 heavy (non-hydrogen) atoms. The lowest BCUT2D eigenvalue weighted by atomic mass is 10.0. The van der Waals surface area contributed by atoms with E-state index in [0.717, 1.165) is 0 Å². The summed E-state index contributed by atoms with van der Waals surface area (Å²) in [6.07, 6.45) is -0.217. The van der Waals surface area contributed by atoms with E-state index in [4.69, 9.17) is 4.74 Å². The second-order valence-electron chi connectivity index (χ2n) is 6.43. The van der Waals surface area contributed by atoms with E-state index >= 15 is 0 Å². The molecule has 0 aliphatic carbocycles. The van der Waals surface area contributed by atoms with Crippen molar-refractivity contribution < 1.29 is 22.6 Å². The van der Waals surface area contributed by atoms with E-state index in [1.54, 1.807) is 36.7 Å². The number of fused-ring (bicyclic) bond motifs is 1. The van der Waals surface area contributed by atoms with Gasteiger partial charge in [0.05, 0.1) is 23.8 Å². The van der Waals surface area contributed by atoms with Crippen LogP contribution in [-0.4, -0.2) is 32.5 Å². The Labute approximate surface area is 173 Å². The maximum absolute atomic E-state index is 12.9. The molecule has 0 fully saturated rings. The van der Waals surface area contributed by atoms with Crippen LogP contribution in [0, 0.1) is 0 Å². The quantitative estimate of drug-likeness (QED) is 0.465. The van der Waals surface area contributed by atoms with Gasteiger partial charge in [0, 0.05) is 12.4 Å². The van der Waals surface area contributed by atoms with Crippen molar-refractivity contribution in [2.24, 2.45) is 0 Å². The van der Waals surface area contributed by atoms with Gasteiger partial charge in [-0.25, -0.2) is 15.0 Å². The molecular weight excluding hydrogens is 413 g/mol. The Hall–Kier alpha value is -3.95. The zero-order valence-electron chi connectivity index (χ0n) is 15.9. The highest BCUT2D eigenvalue weighted by Crippen LogP contribution is 2.27. The van der Waals surface area contributed by atoms with Crippen molar-refractivity contribution in [1.29, 1.82) is 0 Å².